The molecule has 104 valence electrons. The Balaban J connectivity index is 1.91. The number of rotatable bonds is 5. The van der Waals surface area contributed by atoms with Crippen molar-refractivity contribution >= 4 is 5.78 Å². The Labute approximate surface area is 114 Å². The van der Waals surface area contributed by atoms with E-state index in [9.17, 15) is 4.79 Å². The average Bonchev–Trinajstić information content (AvgIpc) is 2.40. The second-order valence-electron chi connectivity index (χ2n) is 5.00. The van der Waals surface area contributed by atoms with Crippen molar-refractivity contribution in [1.29, 1.82) is 0 Å². The average molecular weight is 262 g/mol. The monoisotopic (exact) mass is 262 g/mol. The van der Waals surface area contributed by atoms with Crippen molar-refractivity contribution < 1.29 is 9.53 Å². The van der Waals surface area contributed by atoms with Crippen LogP contribution in [-0.4, -0.2) is 50.0 Å². The van der Waals surface area contributed by atoms with Gasteiger partial charge in [-0.15, -0.1) is 0 Å². The van der Waals surface area contributed by atoms with Crippen molar-refractivity contribution in [3.63, 3.8) is 0 Å². The molecule has 0 bridgehead atoms. The minimum absolute atomic E-state index is 0.191. The Hall–Kier alpha value is -1.39. The van der Waals surface area contributed by atoms with Gasteiger partial charge in [0.25, 0.3) is 0 Å². The van der Waals surface area contributed by atoms with Gasteiger partial charge in [-0.25, -0.2) is 0 Å². The fourth-order valence-corrected chi connectivity index (χ4v) is 2.37. The molecule has 1 aliphatic heterocycles. The van der Waals surface area contributed by atoms with E-state index in [1.165, 1.54) is 0 Å². The highest BCUT2D eigenvalue weighted by Crippen LogP contribution is 2.14. The van der Waals surface area contributed by atoms with Crippen LogP contribution in [0, 0.1) is 0 Å². The van der Waals surface area contributed by atoms with Crippen molar-refractivity contribution in [2.24, 2.45) is 0 Å². The van der Waals surface area contributed by atoms with Crippen molar-refractivity contribution in [2.45, 2.75) is 19.4 Å². The van der Waals surface area contributed by atoms with Crippen LogP contribution in [0.5, 0.6) is 5.75 Å². The quantitative estimate of drug-likeness (QED) is 0.818. The number of ether oxygens (including phenoxy) is 1. The summed E-state index contributed by atoms with van der Waals surface area (Å²) in [5.74, 6) is 1.01. The molecule has 0 spiro atoms. The SMILES string of the molecule is CCOc1ccc(C(=O)CC2CN(C)CCN2)cc1. The molecule has 1 atom stereocenters. The molecule has 1 aromatic carbocycles. The zero-order valence-corrected chi connectivity index (χ0v) is 11.7. The highest BCUT2D eigenvalue weighted by Gasteiger charge is 2.19. The minimum Gasteiger partial charge on any atom is -0.494 e. The molecule has 4 nitrogen and oxygen atoms in total. The van der Waals surface area contributed by atoms with Crippen LogP contribution in [0.15, 0.2) is 24.3 Å². The highest BCUT2D eigenvalue weighted by atomic mass is 16.5. The van der Waals surface area contributed by atoms with E-state index < -0.39 is 0 Å². The second kappa shape index (κ2) is 6.68. The van der Waals surface area contributed by atoms with Crippen LogP contribution in [0.3, 0.4) is 0 Å². The zero-order valence-electron chi connectivity index (χ0n) is 11.7. The van der Waals surface area contributed by atoms with E-state index in [-0.39, 0.29) is 11.8 Å². The van der Waals surface area contributed by atoms with Gasteiger partial charge in [-0.05, 0) is 38.2 Å². The lowest BCUT2D eigenvalue weighted by Crippen LogP contribution is -2.49. The molecule has 0 aromatic heterocycles. The number of carbonyl (C=O) groups excluding carboxylic acids is 1. The molecule has 0 radical (unpaired) electrons. The smallest absolute Gasteiger partial charge is 0.164 e. The zero-order chi connectivity index (χ0) is 13.7. The first-order valence-corrected chi connectivity index (χ1v) is 6.87. The third-order valence-corrected chi connectivity index (χ3v) is 3.38. The summed E-state index contributed by atoms with van der Waals surface area (Å²) in [6.07, 6.45) is 0.554. The van der Waals surface area contributed by atoms with Crippen molar-refractivity contribution in [2.75, 3.05) is 33.3 Å². The molecule has 1 saturated heterocycles. The number of nitrogens with one attached hydrogen (secondary N) is 1. The second-order valence-corrected chi connectivity index (χ2v) is 5.00. The topological polar surface area (TPSA) is 41.6 Å². The Morgan fingerprint density at radius 2 is 2.16 bits per heavy atom. The van der Waals surface area contributed by atoms with Crippen LogP contribution in [0.4, 0.5) is 0 Å². The lowest BCUT2D eigenvalue weighted by atomic mass is 10.0. The first-order valence-electron chi connectivity index (χ1n) is 6.87. The Bertz CT molecular complexity index is 417. The van der Waals surface area contributed by atoms with Gasteiger partial charge in [-0.3, -0.25) is 4.79 Å². The molecule has 2 rings (SSSR count). The summed E-state index contributed by atoms with van der Waals surface area (Å²) in [5.41, 5.74) is 0.762. The molecule has 0 saturated carbocycles. The third kappa shape index (κ3) is 4.04. The molecule has 0 aliphatic carbocycles. The van der Waals surface area contributed by atoms with Gasteiger partial charge in [0.1, 0.15) is 5.75 Å². The van der Waals surface area contributed by atoms with E-state index >= 15 is 0 Å². The third-order valence-electron chi connectivity index (χ3n) is 3.38. The van der Waals surface area contributed by atoms with E-state index in [1.54, 1.807) is 0 Å². The lowest BCUT2D eigenvalue weighted by molar-refractivity contribution is 0.0952. The lowest BCUT2D eigenvalue weighted by Gasteiger charge is -2.30. The fourth-order valence-electron chi connectivity index (χ4n) is 2.37. The maximum atomic E-state index is 12.2. The van der Waals surface area contributed by atoms with Crippen molar-refractivity contribution in [3.8, 4) is 5.75 Å². The van der Waals surface area contributed by atoms with E-state index in [0.29, 0.717) is 13.0 Å². The summed E-state index contributed by atoms with van der Waals surface area (Å²) >= 11 is 0. The largest absolute Gasteiger partial charge is 0.494 e. The number of benzene rings is 1. The van der Waals surface area contributed by atoms with Gasteiger partial charge < -0.3 is 15.0 Å². The molecule has 1 unspecified atom stereocenters. The van der Waals surface area contributed by atoms with Crippen LogP contribution in [0.25, 0.3) is 0 Å². The molecule has 4 heteroatoms. The highest BCUT2D eigenvalue weighted by molar-refractivity contribution is 5.96. The number of Topliss-reactive ketones (excluding diaryl/α,β-unsaturated/α-hetero) is 1. The summed E-state index contributed by atoms with van der Waals surface area (Å²) in [7, 11) is 2.09. The predicted octanol–water partition coefficient (Wildman–Crippen LogP) is 1.56. The van der Waals surface area contributed by atoms with Crippen molar-refractivity contribution in [3.05, 3.63) is 29.8 Å². The van der Waals surface area contributed by atoms with Gasteiger partial charge in [0.15, 0.2) is 5.78 Å². The number of hydrogen-bond acceptors (Lipinski definition) is 4. The summed E-state index contributed by atoms with van der Waals surface area (Å²) in [6, 6.07) is 7.67. The minimum atomic E-state index is 0.191. The number of hydrogen-bond donors (Lipinski definition) is 1. The van der Waals surface area contributed by atoms with Gasteiger partial charge in [0.2, 0.25) is 0 Å². The molecule has 1 N–H and O–H groups in total. The van der Waals surface area contributed by atoms with Gasteiger partial charge in [0.05, 0.1) is 6.61 Å². The van der Waals surface area contributed by atoms with Crippen LogP contribution in [0.1, 0.15) is 23.7 Å². The molecular formula is C15H22N2O2. The summed E-state index contributed by atoms with van der Waals surface area (Å²) in [5, 5.41) is 3.39. The van der Waals surface area contributed by atoms with Gasteiger partial charge >= 0.3 is 0 Å². The summed E-state index contributed by atoms with van der Waals surface area (Å²) in [6.45, 7) is 5.53. The maximum Gasteiger partial charge on any atom is 0.164 e. The summed E-state index contributed by atoms with van der Waals surface area (Å²) < 4.78 is 5.37. The Morgan fingerprint density at radius 1 is 1.42 bits per heavy atom. The number of likely N-dealkylation sites (N-methyl/N-ethyl adjacent to an activating group) is 1. The first kappa shape index (κ1) is 14.0. The molecule has 1 fully saturated rings. The van der Waals surface area contributed by atoms with Gasteiger partial charge in [0, 0.05) is 37.7 Å². The van der Waals surface area contributed by atoms with E-state index in [0.717, 1.165) is 30.9 Å². The fraction of sp³-hybridized carbons (Fsp3) is 0.533. The van der Waals surface area contributed by atoms with Crippen LogP contribution in [0.2, 0.25) is 0 Å². The molecule has 0 amide bonds. The Morgan fingerprint density at radius 3 is 2.79 bits per heavy atom. The summed E-state index contributed by atoms with van der Waals surface area (Å²) in [4.78, 5) is 14.4. The van der Waals surface area contributed by atoms with Gasteiger partial charge in [-0.2, -0.15) is 0 Å². The number of nitrogens with zero attached hydrogens (tertiary/aromatic N) is 1. The predicted molar refractivity (Wildman–Crippen MR) is 75.8 cm³/mol. The van der Waals surface area contributed by atoms with E-state index in [1.807, 2.05) is 31.2 Å². The maximum absolute atomic E-state index is 12.2. The number of carbonyl (C=O) groups is 1. The molecule has 1 aliphatic rings. The normalized spacial score (nSPS) is 20.2. The number of ketones is 1. The molecule has 1 aromatic rings. The standard InChI is InChI=1S/C15H22N2O2/c1-3-19-14-6-4-12(5-7-14)15(18)10-13-11-17(2)9-8-16-13/h4-7,13,16H,3,8-11H2,1-2H3. The first-order chi connectivity index (χ1) is 9.19. The van der Waals surface area contributed by atoms with Crippen molar-refractivity contribution in [1.82, 2.24) is 10.2 Å². The van der Waals surface area contributed by atoms with Crippen LogP contribution < -0.4 is 10.1 Å². The Kier molecular flexibility index (Phi) is 4.93. The van der Waals surface area contributed by atoms with E-state index in [2.05, 4.69) is 17.3 Å². The number of piperazine rings is 1. The van der Waals surface area contributed by atoms with Crippen LogP contribution in [-0.2, 0) is 0 Å². The molecule has 1 heterocycles. The van der Waals surface area contributed by atoms with E-state index in [4.69, 9.17) is 4.74 Å². The van der Waals surface area contributed by atoms with Crippen LogP contribution >= 0.6 is 0 Å². The molecule has 19 heavy (non-hydrogen) atoms. The van der Waals surface area contributed by atoms with Gasteiger partial charge in [-0.1, -0.05) is 0 Å². The molecular weight excluding hydrogens is 240 g/mol.